The molecule has 6 N–H and O–H groups in total. The number of carbonyl (C=O) groups is 6. The summed E-state index contributed by atoms with van der Waals surface area (Å²) in [5, 5.41) is 10.6. The predicted octanol–water partition coefficient (Wildman–Crippen LogP) is 2.40. The summed E-state index contributed by atoms with van der Waals surface area (Å²) in [7, 11) is 0. The van der Waals surface area contributed by atoms with Gasteiger partial charge in [0.1, 0.15) is 0 Å². The van der Waals surface area contributed by atoms with E-state index in [-0.39, 0.29) is 61.6 Å². The fraction of sp³-hybridized carbons (Fsp3) is 0.533. The van der Waals surface area contributed by atoms with Crippen molar-refractivity contribution in [2.45, 2.75) is 78.3 Å². The van der Waals surface area contributed by atoms with E-state index in [0.29, 0.717) is 37.8 Å². The number of Topliss-reactive ketones (excluding diaryl/α,β-unsaturated/α-hetero) is 1. The Labute approximate surface area is 243 Å². The summed E-state index contributed by atoms with van der Waals surface area (Å²) in [4.78, 5) is 73.5. The van der Waals surface area contributed by atoms with Crippen LogP contribution in [0.4, 0.5) is 4.79 Å². The number of primary amides is 1. The highest BCUT2D eigenvalue weighted by Crippen LogP contribution is 2.17. The van der Waals surface area contributed by atoms with E-state index in [9.17, 15) is 28.8 Å². The normalized spacial score (nSPS) is 13.5. The third-order valence-electron chi connectivity index (χ3n) is 6.14. The maximum Gasteiger partial charge on any atom is 0.312 e. The molecule has 0 aliphatic carbocycles. The van der Waals surface area contributed by atoms with Crippen LogP contribution in [0.5, 0.6) is 0 Å². The lowest BCUT2D eigenvalue weighted by Crippen LogP contribution is -2.46. The Bertz CT molecular complexity index is 1080. The molecule has 1 unspecified atom stereocenters. The number of carbonyl (C=O) groups excluding carboxylic acids is 6. The number of rotatable bonds is 19. The van der Waals surface area contributed by atoms with E-state index >= 15 is 0 Å². The third-order valence-corrected chi connectivity index (χ3v) is 6.14. The van der Waals surface area contributed by atoms with Gasteiger partial charge < -0.3 is 27.0 Å². The molecule has 1 rings (SSSR count). The molecule has 0 aromatic heterocycles. The highest BCUT2D eigenvalue weighted by molar-refractivity contribution is 6.07. The van der Waals surface area contributed by atoms with Gasteiger partial charge >= 0.3 is 6.03 Å². The van der Waals surface area contributed by atoms with Gasteiger partial charge in [0.25, 0.3) is 0 Å². The molecule has 11 heteroatoms. The quantitative estimate of drug-likeness (QED) is 0.0966. The number of nitrogens with one attached hydrogen (secondary N) is 4. The monoisotopic (exact) mass is 572 g/mol. The molecule has 1 aromatic carbocycles. The van der Waals surface area contributed by atoms with E-state index in [1.54, 1.807) is 37.3 Å². The van der Waals surface area contributed by atoms with Gasteiger partial charge in [-0.15, -0.1) is 0 Å². The fourth-order valence-electron chi connectivity index (χ4n) is 4.01. The molecule has 0 aliphatic heterocycles. The molecule has 0 heterocycles. The maximum atomic E-state index is 13.2. The Morgan fingerprint density at radius 3 is 2.22 bits per heavy atom. The third kappa shape index (κ3) is 15.4. The van der Waals surface area contributed by atoms with Crippen molar-refractivity contribution in [3.8, 4) is 0 Å². The Hall–Kier alpha value is -4.02. The summed E-state index contributed by atoms with van der Waals surface area (Å²) in [6.07, 6.45) is 4.19. The van der Waals surface area contributed by atoms with Gasteiger partial charge in [0, 0.05) is 50.9 Å². The number of amides is 5. The van der Waals surface area contributed by atoms with Crippen LogP contribution < -0.4 is 27.0 Å². The second-order valence-corrected chi connectivity index (χ2v) is 10.3. The second kappa shape index (κ2) is 19.1. The van der Waals surface area contributed by atoms with Crippen molar-refractivity contribution in [2.75, 3.05) is 13.1 Å². The fourth-order valence-corrected chi connectivity index (χ4v) is 4.01. The van der Waals surface area contributed by atoms with Crippen molar-refractivity contribution in [1.29, 1.82) is 0 Å². The first-order valence-corrected chi connectivity index (χ1v) is 13.9. The van der Waals surface area contributed by atoms with Gasteiger partial charge in [-0.3, -0.25) is 24.0 Å². The number of urea groups is 1. The lowest BCUT2D eigenvalue weighted by Gasteiger charge is -2.24. The van der Waals surface area contributed by atoms with Gasteiger partial charge in [-0.1, -0.05) is 44.2 Å². The molecule has 0 radical (unpaired) electrons. The highest BCUT2D eigenvalue weighted by Gasteiger charge is 2.29. The van der Waals surface area contributed by atoms with Crippen LogP contribution >= 0.6 is 0 Å². The molecular weight excluding hydrogens is 526 g/mol. The minimum Gasteiger partial charge on any atom is -0.354 e. The largest absolute Gasteiger partial charge is 0.354 e. The molecule has 226 valence electrons. The van der Waals surface area contributed by atoms with E-state index in [4.69, 9.17) is 7.10 Å². The maximum absolute atomic E-state index is 13.2. The van der Waals surface area contributed by atoms with Gasteiger partial charge in [0.2, 0.25) is 17.7 Å². The molecule has 41 heavy (non-hydrogen) atoms. The van der Waals surface area contributed by atoms with Crippen molar-refractivity contribution in [3.05, 3.63) is 48.0 Å². The van der Waals surface area contributed by atoms with Gasteiger partial charge in [0.15, 0.2) is 11.6 Å². The van der Waals surface area contributed by atoms with Crippen molar-refractivity contribution in [1.82, 2.24) is 21.3 Å². The molecule has 0 saturated carbocycles. The lowest BCUT2D eigenvalue weighted by molar-refractivity contribution is -0.133. The first kappa shape index (κ1) is 33.2. The van der Waals surface area contributed by atoms with Gasteiger partial charge in [0.05, 0.1) is 6.04 Å². The van der Waals surface area contributed by atoms with E-state index in [0.717, 1.165) is 0 Å². The van der Waals surface area contributed by atoms with Crippen LogP contribution in [-0.4, -0.2) is 60.5 Å². The minimum absolute atomic E-state index is 0.00533. The molecule has 0 spiro atoms. The molecule has 1 aromatic rings. The SMILES string of the molecule is [2H]C[C@H](C)NC(=O)C(CCCNC(N)=O)CC(=O)[C@@H](NC(=O)CCCCNC(=O)/C=C/C(=O)c1ccccc1)C(C)C. The number of unbranched alkanes of at least 4 members (excludes halogenated alkanes) is 1. The van der Waals surface area contributed by atoms with Crippen LogP contribution in [0, 0.1) is 11.8 Å². The number of allylic oxidation sites excluding steroid dienone is 1. The summed E-state index contributed by atoms with van der Waals surface area (Å²) < 4.78 is 7.44. The average Bonchev–Trinajstić information content (AvgIpc) is 2.95. The Kier molecular flexibility index (Phi) is 15.5. The summed E-state index contributed by atoms with van der Waals surface area (Å²) >= 11 is 0. The summed E-state index contributed by atoms with van der Waals surface area (Å²) in [6, 6.07) is 6.77. The van der Waals surface area contributed by atoms with Crippen LogP contribution in [0.2, 0.25) is 0 Å². The van der Waals surface area contributed by atoms with Crippen LogP contribution in [-0.2, 0) is 19.2 Å². The predicted molar refractivity (Wildman–Crippen MR) is 157 cm³/mol. The van der Waals surface area contributed by atoms with Crippen LogP contribution in [0.3, 0.4) is 0 Å². The van der Waals surface area contributed by atoms with Crippen LogP contribution in [0.15, 0.2) is 42.5 Å². The molecule has 11 nitrogen and oxygen atoms in total. The topological polar surface area (TPSA) is 177 Å². The van der Waals surface area contributed by atoms with Crippen molar-refractivity contribution < 1.29 is 30.1 Å². The smallest absolute Gasteiger partial charge is 0.312 e. The zero-order valence-corrected chi connectivity index (χ0v) is 24.2. The van der Waals surface area contributed by atoms with E-state index in [1.165, 1.54) is 12.2 Å². The molecular formula is C30H45N5O6. The Morgan fingerprint density at radius 2 is 1.59 bits per heavy atom. The molecule has 0 saturated heterocycles. The van der Waals surface area contributed by atoms with Gasteiger partial charge in [-0.05, 0) is 51.5 Å². The van der Waals surface area contributed by atoms with E-state index < -0.39 is 23.9 Å². The molecule has 0 aliphatic rings. The van der Waals surface area contributed by atoms with Gasteiger partial charge in [-0.25, -0.2) is 4.79 Å². The first-order chi connectivity index (χ1) is 19.9. The van der Waals surface area contributed by atoms with Crippen molar-refractivity contribution in [3.63, 3.8) is 0 Å². The Balaban J connectivity index is 2.54. The number of hydrogen-bond acceptors (Lipinski definition) is 6. The molecule has 0 bridgehead atoms. The zero-order valence-electron chi connectivity index (χ0n) is 25.2. The summed E-state index contributed by atoms with van der Waals surface area (Å²) in [6.45, 7) is 5.89. The first-order valence-electron chi connectivity index (χ1n) is 14.7. The van der Waals surface area contributed by atoms with Crippen LogP contribution in [0.25, 0.3) is 0 Å². The number of ketones is 2. The lowest BCUT2D eigenvalue weighted by atomic mass is 9.89. The van der Waals surface area contributed by atoms with Crippen molar-refractivity contribution >= 4 is 35.3 Å². The standard InChI is InChI=1S/C30H45N5O6/c1-20(2)28(25(37)19-23(29(40)34-21(3)4)13-10-18-33-30(31)41)35-27(39)14-8-9-17-32-26(38)16-15-24(36)22-11-6-5-7-12-22/h5-7,11-12,15-16,20-21,23,28H,8-10,13-14,17-19H2,1-4H3,(H,32,38)(H,34,40)(H,35,39)(H3,31,33,41)/b16-15+/t23?,28-/m0/s1/i3D/t21-,23?,28+/m1. The second-order valence-electron chi connectivity index (χ2n) is 10.3. The molecule has 3 atom stereocenters. The highest BCUT2D eigenvalue weighted by atomic mass is 16.2. The van der Waals surface area contributed by atoms with E-state index in [2.05, 4.69) is 21.3 Å². The molecule has 5 amide bonds. The van der Waals surface area contributed by atoms with Crippen LogP contribution in [0.1, 0.15) is 77.9 Å². The minimum atomic E-state index is -0.780. The van der Waals surface area contributed by atoms with Gasteiger partial charge in [-0.2, -0.15) is 0 Å². The number of nitrogens with two attached hydrogens (primary N) is 1. The zero-order chi connectivity index (χ0) is 31.5. The Morgan fingerprint density at radius 1 is 0.902 bits per heavy atom. The van der Waals surface area contributed by atoms with Crippen molar-refractivity contribution in [2.24, 2.45) is 17.6 Å². The molecule has 0 fully saturated rings. The average molecular weight is 573 g/mol. The van der Waals surface area contributed by atoms with E-state index in [1.807, 2.05) is 13.8 Å². The number of benzene rings is 1. The summed E-state index contributed by atoms with van der Waals surface area (Å²) in [5.74, 6) is -2.50. The number of hydrogen-bond donors (Lipinski definition) is 5. The summed E-state index contributed by atoms with van der Waals surface area (Å²) in [5.41, 5.74) is 5.57.